The molecular formula is C16H23NO4. The summed E-state index contributed by atoms with van der Waals surface area (Å²) in [4.78, 5) is 22.6. The van der Waals surface area contributed by atoms with Crippen LogP contribution in [0.1, 0.15) is 44.8 Å². The first-order valence-electron chi connectivity index (χ1n) is 7.18. The van der Waals surface area contributed by atoms with Gasteiger partial charge in [0.1, 0.15) is 0 Å². The molecule has 1 aromatic carbocycles. The Labute approximate surface area is 125 Å². The van der Waals surface area contributed by atoms with E-state index < -0.39 is 18.0 Å². The van der Waals surface area contributed by atoms with Crippen molar-refractivity contribution in [2.75, 3.05) is 0 Å². The Kier molecular flexibility index (Phi) is 6.88. The summed E-state index contributed by atoms with van der Waals surface area (Å²) in [5, 5.41) is 21.5. The standard InChI is InChI=1S/C16H23NO4/c1-11(16(20)21)7-6-8-12(2)17-15(19)14(18)13-9-4-3-5-10-13/h3-5,9-12,14,18H,6-8H2,1-2H3,(H,17,19)(H,20,21). The molecule has 0 spiro atoms. The van der Waals surface area contributed by atoms with Gasteiger partial charge in [-0.2, -0.15) is 0 Å². The molecule has 5 heteroatoms. The van der Waals surface area contributed by atoms with Crippen molar-refractivity contribution in [3.05, 3.63) is 35.9 Å². The maximum absolute atomic E-state index is 11.9. The lowest BCUT2D eigenvalue weighted by Gasteiger charge is -2.17. The van der Waals surface area contributed by atoms with Crippen LogP contribution in [-0.2, 0) is 9.59 Å². The summed E-state index contributed by atoms with van der Waals surface area (Å²) < 4.78 is 0. The zero-order valence-electron chi connectivity index (χ0n) is 12.5. The van der Waals surface area contributed by atoms with Gasteiger partial charge in [-0.15, -0.1) is 0 Å². The van der Waals surface area contributed by atoms with Gasteiger partial charge in [0.2, 0.25) is 0 Å². The molecule has 3 unspecified atom stereocenters. The van der Waals surface area contributed by atoms with Crippen LogP contribution in [0.5, 0.6) is 0 Å². The van der Waals surface area contributed by atoms with Crippen LogP contribution in [-0.4, -0.2) is 28.1 Å². The van der Waals surface area contributed by atoms with E-state index in [2.05, 4.69) is 5.32 Å². The Morgan fingerprint density at radius 2 is 1.76 bits per heavy atom. The van der Waals surface area contributed by atoms with Crippen molar-refractivity contribution < 1.29 is 19.8 Å². The molecule has 0 bridgehead atoms. The highest BCUT2D eigenvalue weighted by Crippen LogP contribution is 2.14. The van der Waals surface area contributed by atoms with E-state index in [-0.39, 0.29) is 12.0 Å². The zero-order chi connectivity index (χ0) is 15.8. The van der Waals surface area contributed by atoms with E-state index in [0.29, 0.717) is 18.4 Å². The highest BCUT2D eigenvalue weighted by molar-refractivity contribution is 5.82. The summed E-state index contributed by atoms with van der Waals surface area (Å²) in [5.74, 6) is -1.60. The molecule has 0 saturated carbocycles. The fraction of sp³-hybridized carbons (Fsp3) is 0.500. The Balaban J connectivity index is 2.35. The second-order valence-corrected chi connectivity index (χ2v) is 5.39. The molecule has 0 aliphatic heterocycles. The number of amides is 1. The molecule has 5 nitrogen and oxygen atoms in total. The monoisotopic (exact) mass is 293 g/mol. The minimum atomic E-state index is -1.17. The number of carbonyl (C=O) groups is 2. The number of aliphatic carboxylic acids is 1. The molecule has 0 heterocycles. The maximum atomic E-state index is 11.9. The first-order chi connectivity index (χ1) is 9.91. The third kappa shape index (κ3) is 5.95. The number of benzene rings is 1. The van der Waals surface area contributed by atoms with Crippen LogP contribution in [0, 0.1) is 5.92 Å². The Bertz CT molecular complexity index is 461. The molecule has 116 valence electrons. The summed E-state index contributed by atoms with van der Waals surface area (Å²) >= 11 is 0. The van der Waals surface area contributed by atoms with Gasteiger partial charge in [-0.05, 0) is 25.3 Å². The molecule has 3 atom stereocenters. The van der Waals surface area contributed by atoms with Gasteiger partial charge in [0.15, 0.2) is 6.10 Å². The molecule has 0 fully saturated rings. The first-order valence-corrected chi connectivity index (χ1v) is 7.18. The predicted molar refractivity (Wildman–Crippen MR) is 79.7 cm³/mol. The molecule has 1 amide bonds. The summed E-state index contributed by atoms with van der Waals surface area (Å²) in [6.07, 6.45) is 0.810. The van der Waals surface area contributed by atoms with Crippen LogP contribution in [0.2, 0.25) is 0 Å². The molecule has 0 saturated heterocycles. The Hall–Kier alpha value is -1.88. The summed E-state index contributed by atoms with van der Waals surface area (Å²) in [6.45, 7) is 3.52. The smallest absolute Gasteiger partial charge is 0.306 e. The fourth-order valence-corrected chi connectivity index (χ4v) is 2.03. The average Bonchev–Trinajstić information content (AvgIpc) is 2.46. The van der Waals surface area contributed by atoms with E-state index >= 15 is 0 Å². The number of carbonyl (C=O) groups excluding carboxylic acids is 1. The normalized spacial score (nSPS) is 15.0. The topological polar surface area (TPSA) is 86.6 Å². The highest BCUT2D eigenvalue weighted by atomic mass is 16.4. The Morgan fingerprint density at radius 1 is 1.14 bits per heavy atom. The van der Waals surface area contributed by atoms with E-state index in [0.717, 1.165) is 6.42 Å². The minimum absolute atomic E-state index is 0.100. The van der Waals surface area contributed by atoms with Gasteiger partial charge in [0, 0.05) is 6.04 Å². The van der Waals surface area contributed by atoms with Crippen LogP contribution < -0.4 is 5.32 Å². The van der Waals surface area contributed by atoms with Crippen LogP contribution in [0.3, 0.4) is 0 Å². The molecule has 0 aliphatic carbocycles. The van der Waals surface area contributed by atoms with E-state index in [1.54, 1.807) is 31.2 Å². The lowest BCUT2D eigenvalue weighted by Crippen LogP contribution is -2.36. The molecule has 3 N–H and O–H groups in total. The molecular weight excluding hydrogens is 270 g/mol. The van der Waals surface area contributed by atoms with Gasteiger partial charge < -0.3 is 15.5 Å². The number of carboxylic acids is 1. The van der Waals surface area contributed by atoms with Gasteiger partial charge in [0.25, 0.3) is 5.91 Å². The van der Waals surface area contributed by atoms with Crippen molar-refractivity contribution in [1.82, 2.24) is 5.32 Å². The summed E-state index contributed by atoms with van der Waals surface area (Å²) in [7, 11) is 0. The molecule has 0 radical (unpaired) electrons. The number of aliphatic hydroxyl groups excluding tert-OH is 1. The number of hydrogen-bond acceptors (Lipinski definition) is 3. The minimum Gasteiger partial charge on any atom is -0.481 e. The van der Waals surface area contributed by atoms with Crippen molar-refractivity contribution in [1.29, 1.82) is 0 Å². The number of nitrogens with one attached hydrogen (secondary N) is 1. The van der Waals surface area contributed by atoms with Crippen molar-refractivity contribution >= 4 is 11.9 Å². The molecule has 1 aromatic rings. The number of carboxylic acid groups (broad SMARTS) is 1. The lowest BCUT2D eigenvalue weighted by atomic mass is 10.0. The largest absolute Gasteiger partial charge is 0.481 e. The van der Waals surface area contributed by atoms with Crippen LogP contribution >= 0.6 is 0 Å². The SMILES string of the molecule is CC(CCCC(C)C(=O)O)NC(=O)C(O)c1ccccc1. The van der Waals surface area contributed by atoms with Gasteiger partial charge in [-0.3, -0.25) is 9.59 Å². The van der Waals surface area contributed by atoms with Crippen molar-refractivity contribution in [2.24, 2.45) is 5.92 Å². The van der Waals surface area contributed by atoms with Gasteiger partial charge in [-0.1, -0.05) is 43.7 Å². The molecule has 21 heavy (non-hydrogen) atoms. The number of hydrogen-bond donors (Lipinski definition) is 3. The van der Waals surface area contributed by atoms with Gasteiger partial charge >= 0.3 is 5.97 Å². The van der Waals surface area contributed by atoms with Crippen LogP contribution in [0.4, 0.5) is 0 Å². The predicted octanol–water partition coefficient (Wildman–Crippen LogP) is 2.12. The number of aliphatic hydroxyl groups is 1. The molecule has 1 rings (SSSR count). The van der Waals surface area contributed by atoms with Gasteiger partial charge in [-0.25, -0.2) is 0 Å². The number of rotatable bonds is 8. The van der Waals surface area contributed by atoms with E-state index in [9.17, 15) is 14.7 Å². The summed E-state index contributed by atoms with van der Waals surface area (Å²) in [5.41, 5.74) is 0.557. The van der Waals surface area contributed by atoms with Crippen molar-refractivity contribution in [2.45, 2.75) is 45.3 Å². The molecule has 0 aromatic heterocycles. The van der Waals surface area contributed by atoms with Crippen LogP contribution in [0.25, 0.3) is 0 Å². The average molecular weight is 293 g/mol. The third-order valence-corrected chi connectivity index (χ3v) is 3.45. The van der Waals surface area contributed by atoms with Crippen LogP contribution in [0.15, 0.2) is 30.3 Å². The first kappa shape index (κ1) is 17.2. The maximum Gasteiger partial charge on any atom is 0.306 e. The van der Waals surface area contributed by atoms with E-state index in [1.807, 2.05) is 13.0 Å². The highest BCUT2D eigenvalue weighted by Gasteiger charge is 2.19. The second kappa shape index (κ2) is 8.42. The second-order valence-electron chi connectivity index (χ2n) is 5.39. The van der Waals surface area contributed by atoms with Crippen molar-refractivity contribution in [3.8, 4) is 0 Å². The van der Waals surface area contributed by atoms with E-state index in [4.69, 9.17) is 5.11 Å². The molecule has 0 aliphatic rings. The lowest BCUT2D eigenvalue weighted by molar-refractivity contribution is -0.141. The summed E-state index contributed by atoms with van der Waals surface area (Å²) in [6, 6.07) is 8.65. The van der Waals surface area contributed by atoms with Crippen molar-refractivity contribution in [3.63, 3.8) is 0 Å². The third-order valence-electron chi connectivity index (χ3n) is 3.45. The fourth-order valence-electron chi connectivity index (χ4n) is 2.03. The Morgan fingerprint density at radius 3 is 2.33 bits per heavy atom. The van der Waals surface area contributed by atoms with Gasteiger partial charge in [0.05, 0.1) is 5.92 Å². The quantitative estimate of drug-likeness (QED) is 0.685. The zero-order valence-corrected chi connectivity index (χ0v) is 12.5. The van der Waals surface area contributed by atoms with E-state index in [1.165, 1.54) is 0 Å².